The highest BCUT2D eigenvalue weighted by atomic mass is 35.5. The maximum atomic E-state index is 13.0. The molecule has 1 aliphatic carbocycles. The van der Waals surface area contributed by atoms with Gasteiger partial charge in [-0.05, 0) is 74.9 Å². The van der Waals surface area contributed by atoms with E-state index in [1.54, 1.807) is 0 Å². The summed E-state index contributed by atoms with van der Waals surface area (Å²) < 4.78 is 11.8. The Kier molecular flexibility index (Phi) is 7.32. The molecule has 1 amide bonds. The molecule has 2 atom stereocenters. The maximum absolute atomic E-state index is 13.0. The zero-order chi connectivity index (χ0) is 26.2. The van der Waals surface area contributed by atoms with Crippen LogP contribution in [0.3, 0.4) is 0 Å². The molecule has 2 fully saturated rings. The van der Waals surface area contributed by atoms with Crippen LogP contribution < -0.4 is 10.4 Å². The lowest BCUT2D eigenvalue weighted by Crippen LogP contribution is -2.54. The molecule has 1 N–H and O–H groups in total. The third-order valence-corrected chi connectivity index (χ3v) is 8.58. The molecule has 5 rings (SSSR count). The van der Waals surface area contributed by atoms with E-state index in [1.807, 2.05) is 55.1 Å². The highest BCUT2D eigenvalue weighted by Crippen LogP contribution is 2.40. The number of nitrogens with zero attached hydrogens (tertiary/aromatic N) is 1. The van der Waals surface area contributed by atoms with Crippen LogP contribution in [0.15, 0.2) is 45.6 Å². The standard InChI is InChI=1S/C30H34ClNO5/c1-19-24-10-12-26(36-18-21-6-8-23(31)9-7-21)20(2)28(24)37-29(34)25(19)11-13-27(33)32-16-15-30(35)14-4-3-5-22(30)17-32/h6-10,12,22,35H,3-5,11,13-18H2,1-2H3. The number of aliphatic hydroxyl groups is 1. The largest absolute Gasteiger partial charge is 0.488 e. The first-order valence-electron chi connectivity index (χ1n) is 13.2. The van der Waals surface area contributed by atoms with Gasteiger partial charge in [-0.15, -0.1) is 0 Å². The van der Waals surface area contributed by atoms with E-state index in [1.165, 1.54) is 0 Å². The number of ether oxygens (including phenoxy) is 1. The number of hydrogen-bond acceptors (Lipinski definition) is 5. The van der Waals surface area contributed by atoms with Crippen molar-refractivity contribution in [1.82, 2.24) is 4.90 Å². The minimum atomic E-state index is -0.611. The molecule has 3 aromatic rings. The summed E-state index contributed by atoms with van der Waals surface area (Å²) in [6, 6.07) is 11.3. The lowest BCUT2D eigenvalue weighted by Gasteiger charge is -2.47. The van der Waals surface area contributed by atoms with Gasteiger partial charge < -0.3 is 19.2 Å². The van der Waals surface area contributed by atoms with E-state index in [2.05, 4.69) is 0 Å². The Bertz CT molecular complexity index is 1370. The number of rotatable bonds is 6. The first-order chi connectivity index (χ1) is 17.7. The van der Waals surface area contributed by atoms with E-state index in [4.69, 9.17) is 20.8 Å². The van der Waals surface area contributed by atoms with E-state index in [9.17, 15) is 14.7 Å². The molecule has 1 saturated heterocycles. The van der Waals surface area contributed by atoms with Gasteiger partial charge in [0.05, 0.1) is 5.60 Å². The normalized spacial score (nSPS) is 21.6. The van der Waals surface area contributed by atoms with Crippen molar-refractivity contribution in [2.75, 3.05) is 13.1 Å². The van der Waals surface area contributed by atoms with Crippen molar-refractivity contribution in [3.8, 4) is 5.75 Å². The molecule has 6 nitrogen and oxygen atoms in total. The number of fused-ring (bicyclic) bond motifs is 2. The zero-order valence-corrected chi connectivity index (χ0v) is 22.3. The van der Waals surface area contributed by atoms with Crippen LogP contribution in [0, 0.1) is 19.8 Å². The molecule has 37 heavy (non-hydrogen) atoms. The van der Waals surface area contributed by atoms with Crippen LogP contribution in [-0.4, -0.2) is 34.6 Å². The van der Waals surface area contributed by atoms with E-state index < -0.39 is 11.2 Å². The number of halogens is 1. The third kappa shape index (κ3) is 5.27. The van der Waals surface area contributed by atoms with Crippen LogP contribution in [0.4, 0.5) is 0 Å². The van der Waals surface area contributed by atoms with Crippen molar-refractivity contribution in [3.63, 3.8) is 0 Å². The molecule has 2 aliphatic rings. The summed E-state index contributed by atoms with van der Waals surface area (Å²) >= 11 is 5.96. The number of piperidine rings is 1. The van der Waals surface area contributed by atoms with Gasteiger partial charge in [-0.25, -0.2) is 4.79 Å². The van der Waals surface area contributed by atoms with Crippen molar-refractivity contribution in [1.29, 1.82) is 0 Å². The minimum Gasteiger partial charge on any atom is -0.488 e. The first kappa shape index (κ1) is 25.8. The Balaban J connectivity index is 1.28. The van der Waals surface area contributed by atoms with Crippen LogP contribution in [0.5, 0.6) is 5.75 Å². The minimum absolute atomic E-state index is 0.0358. The summed E-state index contributed by atoms with van der Waals surface area (Å²) in [7, 11) is 0. The van der Waals surface area contributed by atoms with Crippen molar-refractivity contribution in [2.24, 2.45) is 5.92 Å². The average Bonchev–Trinajstić information content (AvgIpc) is 2.89. The Morgan fingerprint density at radius 3 is 2.70 bits per heavy atom. The molecule has 196 valence electrons. The van der Waals surface area contributed by atoms with Crippen molar-refractivity contribution in [2.45, 2.75) is 71.0 Å². The summed E-state index contributed by atoms with van der Waals surface area (Å²) in [4.78, 5) is 27.9. The van der Waals surface area contributed by atoms with E-state index in [-0.39, 0.29) is 18.2 Å². The Hall–Kier alpha value is -2.83. The number of hydrogen-bond donors (Lipinski definition) is 1. The van der Waals surface area contributed by atoms with Crippen LogP contribution in [0.25, 0.3) is 11.0 Å². The summed E-state index contributed by atoms with van der Waals surface area (Å²) in [5.41, 5.74) is 2.63. The highest BCUT2D eigenvalue weighted by Gasteiger charge is 2.43. The van der Waals surface area contributed by atoms with Crippen molar-refractivity contribution < 1.29 is 19.1 Å². The van der Waals surface area contributed by atoms with Gasteiger partial charge in [0.1, 0.15) is 17.9 Å². The first-order valence-corrected chi connectivity index (χ1v) is 13.6. The van der Waals surface area contributed by atoms with Crippen molar-refractivity contribution >= 4 is 28.5 Å². The van der Waals surface area contributed by atoms with Crippen LogP contribution in [-0.2, 0) is 17.8 Å². The van der Waals surface area contributed by atoms with Crippen LogP contribution in [0.1, 0.15) is 60.8 Å². The predicted molar refractivity (Wildman–Crippen MR) is 144 cm³/mol. The monoisotopic (exact) mass is 523 g/mol. The quantitative estimate of drug-likeness (QED) is 0.417. The number of carbonyl (C=O) groups is 1. The molecular formula is C30H34ClNO5. The second kappa shape index (κ2) is 10.5. The smallest absolute Gasteiger partial charge is 0.339 e. The third-order valence-electron chi connectivity index (χ3n) is 8.33. The summed E-state index contributed by atoms with van der Waals surface area (Å²) in [5.74, 6) is 0.847. The molecule has 0 spiro atoms. The van der Waals surface area contributed by atoms with E-state index in [0.29, 0.717) is 54.5 Å². The average molecular weight is 524 g/mol. The number of aryl methyl sites for hydroxylation is 2. The van der Waals surface area contributed by atoms with E-state index >= 15 is 0 Å². The molecule has 2 aromatic carbocycles. The van der Waals surface area contributed by atoms with Gasteiger partial charge in [-0.1, -0.05) is 36.6 Å². The second-order valence-electron chi connectivity index (χ2n) is 10.6. The summed E-state index contributed by atoms with van der Waals surface area (Å²) in [6.07, 6.45) is 5.21. The van der Waals surface area contributed by atoms with E-state index in [0.717, 1.165) is 47.8 Å². The predicted octanol–water partition coefficient (Wildman–Crippen LogP) is 5.73. The van der Waals surface area contributed by atoms with Gasteiger partial charge in [-0.3, -0.25) is 4.79 Å². The Morgan fingerprint density at radius 1 is 1.14 bits per heavy atom. The van der Waals surface area contributed by atoms with Gasteiger partial charge in [0.25, 0.3) is 0 Å². The molecule has 0 radical (unpaired) electrons. The number of carbonyl (C=O) groups excluding carboxylic acids is 1. The molecule has 2 unspecified atom stereocenters. The second-order valence-corrected chi connectivity index (χ2v) is 11.0. The molecule has 7 heteroatoms. The highest BCUT2D eigenvalue weighted by molar-refractivity contribution is 6.30. The fraction of sp³-hybridized carbons (Fsp3) is 0.467. The molecule has 1 saturated carbocycles. The molecule has 1 aliphatic heterocycles. The summed E-state index contributed by atoms with van der Waals surface area (Å²) in [5, 5.41) is 12.4. The lowest BCUT2D eigenvalue weighted by molar-refractivity contribution is -0.143. The molecular weight excluding hydrogens is 490 g/mol. The molecule has 1 aromatic heterocycles. The topological polar surface area (TPSA) is 80.0 Å². The Labute approximate surface area is 222 Å². The van der Waals surface area contributed by atoms with Crippen LogP contribution >= 0.6 is 11.6 Å². The van der Waals surface area contributed by atoms with Gasteiger partial charge in [-0.2, -0.15) is 0 Å². The lowest BCUT2D eigenvalue weighted by atomic mass is 9.71. The van der Waals surface area contributed by atoms with Crippen LogP contribution in [0.2, 0.25) is 5.02 Å². The van der Waals surface area contributed by atoms with Gasteiger partial charge in [0.2, 0.25) is 5.91 Å². The van der Waals surface area contributed by atoms with Crippen molar-refractivity contribution in [3.05, 3.63) is 74.1 Å². The molecule has 0 bridgehead atoms. The molecule has 2 heterocycles. The fourth-order valence-corrected chi connectivity index (χ4v) is 6.07. The van der Waals surface area contributed by atoms with Gasteiger partial charge in [0, 0.05) is 47.0 Å². The Morgan fingerprint density at radius 2 is 1.92 bits per heavy atom. The zero-order valence-electron chi connectivity index (χ0n) is 21.5. The SMILES string of the molecule is Cc1c(CCC(=O)N2CCC3(O)CCCCC3C2)c(=O)oc2c(C)c(OCc3ccc(Cl)cc3)ccc12. The fourth-order valence-electron chi connectivity index (χ4n) is 5.95. The van der Waals surface area contributed by atoms with Gasteiger partial charge in [0.15, 0.2) is 0 Å². The number of likely N-dealkylation sites (tertiary alicyclic amines) is 1. The number of amides is 1. The maximum Gasteiger partial charge on any atom is 0.339 e. The summed E-state index contributed by atoms with van der Waals surface area (Å²) in [6.45, 7) is 5.36. The van der Waals surface area contributed by atoms with Gasteiger partial charge >= 0.3 is 5.63 Å². The number of benzene rings is 2.